The number of ether oxygens (including phenoxy) is 1. The molecular formula is C31H51N5O6S. The number of carbonyl (C=O) groups is 5. The standard InChI is InChI=1S/C31H51N5O6S/c1-21(2)18-25(35-27(38)23(33-20-37)15-17-43-6)28(39)36-26(19-22-12-8-7-9-13-22)29(40)34-24(14-10-11-16-32)30(41)42-31(3,4)5/h7-9,12-13,20-21,23-26H,10-11,14-19,32H2,1-6H3,(H,33,37)(H,34,40)(H,35,38)(H,36,39)/t23-,24-,25-,26-/m0/s1. The number of amides is 4. The Morgan fingerprint density at radius 1 is 0.884 bits per heavy atom. The van der Waals surface area contributed by atoms with E-state index in [1.54, 1.807) is 20.8 Å². The topological polar surface area (TPSA) is 169 Å². The van der Waals surface area contributed by atoms with Crippen molar-refractivity contribution in [1.82, 2.24) is 21.3 Å². The van der Waals surface area contributed by atoms with E-state index in [1.165, 1.54) is 11.8 Å². The number of nitrogens with two attached hydrogens (primary N) is 1. The highest BCUT2D eigenvalue weighted by Crippen LogP contribution is 2.13. The fourth-order valence-corrected chi connectivity index (χ4v) is 4.77. The van der Waals surface area contributed by atoms with E-state index in [9.17, 15) is 24.0 Å². The molecule has 12 heteroatoms. The second-order valence-electron chi connectivity index (χ2n) is 11.9. The van der Waals surface area contributed by atoms with Crippen LogP contribution in [0, 0.1) is 5.92 Å². The summed E-state index contributed by atoms with van der Waals surface area (Å²) in [6.45, 7) is 9.54. The third kappa shape index (κ3) is 15.8. The number of unbranched alkanes of at least 4 members (excludes halogenated alkanes) is 1. The Labute approximate surface area is 260 Å². The fourth-order valence-electron chi connectivity index (χ4n) is 4.30. The molecule has 4 amide bonds. The molecule has 0 aliphatic heterocycles. The Balaban J connectivity index is 3.24. The first-order chi connectivity index (χ1) is 20.3. The quantitative estimate of drug-likeness (QED) is 0.0838. The van der Waals surface area contributed by atoms with Crippen LogP contribution in [-0.2, 0) is 35.1 Å². The highest BCUT2D eigenvalue weighted by Gasteiger charge is 2.32. The van der Waals surface area contributed by atoms with E-state index >= 15 is 0 Å². The fraction of sp³-hybridized carbons (Fsp3) is 0.645. The molecule has 6 N–H and O–H groups in total. The number of hydrogen-bond donors (Lipinski definition) is 5. The lowest BCUT2D eigenvalue weighted by atomic mass is 10.00. The zero-order chi connectivity index (χ0) is 32.4. The number of nitrogens with one attached hydrogen (secondary N) is 4. The number of rotatable bonds is 20. The van der Waals surface area contributed by atoms with Gasteiger partial charge in [0.1, 0.15) is 29.8 Å². The van der Waals surface area contributed by atoms with E-state index in [-0.39, 0.29) is 12.3 Å². The summed E-state index contributed by atoms with van der Waals surface area (Å²) in [5, 5.41) is 10.9. The SMILES string of the molecule is CSCC[C@H](NC=O)C(=O)N[C@@H](CC(C)C)C(=O)N[C@@H](Cc1ccccc1)C(=O)N[C@@H](CCCCN)C(=O)OC(C)(C)C. The lowest BCUT2D eigenvalue weighted by molar-refractivity contribution is -0.159. The van der Waals surface area contributed by atoms with Crippen LogP contribution in [0.25, 0.3) is 0 Å². The molecule has 4 atom stereocenters. The van der Waals surface area contributed by atoms with Crippen LogP contribution in [0.15, 0.2) is 30.3 Å². The van der Waals surface area contributed by atoms with E-state index in [0.717, 1.165) is 5.56 Å². The lowest BCUT2D eigenvalue weighted by Crippen LogP contribution is -2.58. The van der Waals surface area contributed by atoms with E-state index in [1.807, 2.05) is 50.4 Å². The molecule has 0 aliphatic rings. The van der Waals surface area contributed by atoms with Crippen molar-refractivity contribution in [1.29, 1.82) is 0 Å². The van der Waals surface area contributed by atoms with Crippen molar-refractivity contribution < 1.29 is 28.7 Å². The molecule has 0 aromatic heterocycles. The van der Waals surface area contributed by atoms with Gasteiger partial charge in [-0.15, -0.1) is 0 Å². The molecule has 43 heavy (non-hydrogen) atoms. The molecule has 0 unspecified atom stereocenters. The summed E-state index contributed by atoms with van der Waals surface area (Å²) in [4.78, 5) is 64.5. The summed E-state index contributed by atoms with van der Waals surface area (Å²) in [7, 11) is 0. The van der Waals surface area contributed by atoms with Gasteiger partial charge in [0.25, 0.3) is 0 Å². The van der Waals surface area contributed by atoms with Crippen LogP contribution < -0.4 is 27.0 Å². The summed E-state index contributed by atoms with van der Waals surface area (Å²) in [5.41, 5.74) is 5.69. The minimum atomic E-state index is -1.04. The van der Waals surface area contributed by atoms with Gasteiger partial charge in [0.15, 0.2) is 0 Å². The summed E-state index contributed by atoms with van der Waals surface area (Å²) in [5.74, 6) is -1.44. The number of thioether (sulfide) groups is 1. The Morgan fingerprint density at radius 3 is 2.02 bits per heavy atom. The van der Waals surface area contributed by atoms with E-state index < -0.39 is 53.5 Å². The minimum Gasteiger partial charge on any atom is -0.458 e. The predicted molar refractivity (Wildman–Crippen MR) is 170 cm³/mol. The van der Waals surface area contributed by atoms with Gasteiger partial charge in [0.2, 0.25) is 24.1 Å². The van der Waals surface area contributed by atoms with Crippen molar-refractivity contribution in [3.63, 3.8) is 0 Å². The molecule has 0 aliphatic carbocycles. The zero-order valence-corrected chi connectivity index (χ0v) is 27.3. The van der Waals surface area contributed by atoms with Crippen LogP contribution in [0.1, 0.15) is 72.3 Å². The van der Waals surface area contributed by atoms with Gasteiger partial charge in [0, 0.05) is 6.42 Å². The average molecular weight is 622 g/mol. The molecular weight excluding hydrogens is 570 g/mol. The van der Waals surface area contributed by atoms with Crippen LogP contribution in [0.3, 0.4) is 0 Å². The van der Waals surface area contributed by atoms with Gasteiger partial charge < -0.3 is 31.7 Å². The van der Waals surface area contributed by atoms with Gasteiger partial charge in [-0.05, 0) is 82.9 Å². The molecule has 242 valence electrons. The predicted octanol–water partition coefficient (Wildman–Crippen LogP) is 2.07. The van der Waals surface area contributed by atoms with E-state index in [0.29, 0.717) is 50.8 Å². The second-order valence-corrected chi connectivity index (χ2v) is 12.9. The maximum atomic E-state index is 13.7. The second kappa shape index (κ2) is 20.0. The van der Waals surface area contributed by atoms with Crippen molar-refractivity contribution in [2.75, 3.05) is 18.6 Å². The highest BCUT2D eigenvalue weighted by atomic mass is 32.2. The van der Waals surface area contributed by atoms with Crippen LogP contribution in [0.2, 0.25) is 0 Å². The van der Waals surface area contributed by atoms with Crippen molar-refractivity contribution in [2.45, 2.75) is 103 Å². The Hall–Kier alpha value is -3.12. The third-order valence-electron chi connectivity index (χ3n) is 6.41. The number of hydrogen-bond acceptors (Lipinski definition) is 8. The Bertz CT molecular complexity index is 1020. The summed E-state index contributed by atoms with van der Waals surface area (Å²) >= 11 is 1.54. The molecule has 1 rings (SSSR count). The third-order valence-corrected chi connectivity index (χ3v) is 7.05. The Morgan fingerprint density at radius 2 is 1.47 bits per heavy atom. The van der Waals surface area contributed by atoms with Crippen molar-refractivity contribution in [3.05, 3.63) is 35.9 Å². The van der Waals surface area contributed by atoms with Crippen LogP contribution in [0.4, 0.5) is 0 Å². The first-order valence-corrected chi connectivity index (χ1v) is 16.3. The summed E-state index contributed by atoms with van der Waals surface area (Å²) in [6.07, 6.45) is 4.85. The zero-order valence-electron chi connectivity index (χ0n) is 26.4. The smallest absolute Gasteiger partial charge is 0.329 e. The van der Waals surface area contributed by atoms with Crippen molar-refractivity contribution >= 4 is 41.9 Å². The van der Waals surface area contributed by atoms with E-state index in [4.69, 9.17) is 10.5 Å². The first kappa shape index (κ1) is 37.9. The Kier molecular flexibility index (Phi) is 17.6. The number of benzene rings is 1. The van der Waals surface area contributed by atoms with E-state index in [2.05, 4.69) is 21.3 Å². The van der Waals surface area contributed by atoms with Crippen LogP contribution >= 0.6 is 11.8 Å². The monoisotopic (exact) mass is 621 g/mol. The molecule has 0 saturated heterocycles. The number of esters is 1. The molecule has 0 radical (unpaired) electrons. The van der Waals surface area contributed by atoms with Gasteiger partial charge in [-0.2, -0.15) is 11.8 Å². The van der Waals surface area contributed by atoms with Gasteiger partial charge in [-0.3, -0.25) is 19.2 Å². The molecule has 0 fully saturated rings. The van der Waals surface area contributed by atoms with Crippen LogP contribution in [0.5, 0.6) is 0 Å². The molecule has 1 aromatic rings. The molecule has 0 bridgehead atoms. The molecule has 1 aromatic carbocycles. The average Bonchev–Trinajstić information content (AvgIpc) is 2.93. The van der Waals surface area contributed by atoms with Crippen molar-refractivity contribution in [2.24, 2.45) is 11.7 Å². The van der Waals surface area contributed by atoms with Gasteiger partial charge in [-0.25, -0.2) is 4.79 Å². The largest absolute Gasteiger partial charge is 0.458 e. The summed E-state index contributed by atoms with van der Waals surface area (Å²) < 4.78 is 5.55. The maximum absolute atomic E-state index is 13.7. The summed E-state index contributed by atoms with van der Waals surface area (Å²) in [6, 6.07) is 5.49. The molecule has 0 saturated carbocycles. The maximum Gasteiger partial charge on any atom is 0.329 e. The first-order valence-electron chi connectivity index (χ1n) is 14.9. The number of carbonyl (C=O) groups excluding carboxylic acids is 5. The molecule has 0 spiro atoms. The van der Waals surface area contributed by atoms with Gasteiger partial charge in [-0.1, -0.05) is 44.2 Å². The minimum absolute atomic E-state index is 0.0419. The van der Waals surface area contributed by atoms with Gasteiger partial charge >= 0.3 is 5.97 Å². The molecule has 11 nitrogen and oxygen atoms in total. The lowest BCUT2D eigenvalue weighted by Gasteiger charge is -2.28. The van der Waals surface area contributed by atoms with Crippen LogP contribution in [-0.4, -0.2) is 78.4 Å². The molecule has 0 heterocycles. The van der Waals surface area contributed by atoms with Gasteiger partial charge in [0.05, 0.1) is 0 Å². The normalized spacial score (nSPS) is 14.1. The highest BCUT2D eigenvalue weighted by molar-refractivity contribution is 7.98. The van der Waals surface area contributed by atoms with Crippen molar-refractivity contribution in [3.8, 4) is 0 Å².